The number of nitrogens with zero attached hydrogens (tertiary/aromatic N) is 3. The van der Waals surface area contributed by atoms with Crippen LogP contribution in [-0.4, -0.2) is 73.3 Å². The largest absolute Gasteiger partial charge is 0.416 e. The van der Waals surface area contributed by atoms with E-state index in [1.807, 2.05) is 30.5 Å². The number of halogens is 3. The highest BCUT2D eigenvalue weighted by Gasteiger charge is 2.36. The van der Waals surface area contributed by atoms with Crippen LogP contribution >= 0.6 is 11.8 Å². The number of alkyl halides is 3. The van der Waals surface area contributed by atoms with Crippen LogP contribution in [0.15, 0.2) is 53.4 Å². The Morgan fingerprint density at radius 3 is 2.47 bits per heavy atom. The van der Waals surface area contributed by atoms with Crippen LogP contribution in [-0.2, 0) is 11.0 Å². The van der Waals surface area contributed by atoms with Gasteiger partial charge in [-0.3, -0.25) is 9.69 Å². The van der Waals surface area contributed by atoms with E-state index in [2.05, 4.69) is 33.9 Å². The summed E-state index contributed by atoms with van der Waals surface area (Å²) < 4.78 is 39.6. The van der Waals surface area contributed by atoms with Crippen molar-refractivity contribution in [3.05, 3.63) is 54.1 Å². The van der Waals surface area contributed by atoms with Crippen molar-refractivity contribution in [2.45, 2.75) is 56.3 Å². The van der Waals surface area contributed by atoms with Crippen LogP contribution in [0.2, 0.25) is 0 Å². The smallest absolute Gasteiger partial charge is 0.369 e. The second-order valence-corrected chi connectivity index (χ2v) is 11.5. The number of hydrogen-bond donors (Lipinski definition) is 1. The summed E-state index contributed by atoms with van der Waals surface area (Å²) in [6.07, 6.45) is 0.0178. The van der Waals surface area contributed by atoms with Gasteiger partial charge in [0, 0.05) is 67.5 Å². The van der Waals surface area contributed by atoms with E-state index in [1.54, 1.807) is 17.8 Å². The molecule has 1 N–H and O–H groups in total. The van der Waals surface area contributed by atoms with Crippen LogP contribution in [0.3, 0.4) is 0 Å². The fraction of sp³-hybridized carbons (Fsp3) is 0.552. The molecular weight excluding hydrogens is 509 g/mol. The topological polar surface area (TPSA) is 38.8 Å². The normalized spacial score (nSPS) is 21.6. The molecule has 5 nitrogen and oxygen atoms in total. The molecular formula is C29H39F3N4OS. The molecule has 2 fully saturated rings. The van der Waals surface area contributed by atoms with Crippen LogP contribution < -0.4 is 10.2 Å². The van der Waals surface area contributed by atoms with Gasteiger partial charge in [-0.05, 0) is 81.8 Å². The lowest BCUT2D eigenvalue weighted by Gasteiger charge is -2.48. The van der Waals surface area contributed by atoms with Gasteiger partial charge in [-0.15, -0.1) is 11.8 Å². The van der Waals surface area contributed by atoms with E-state index in [4.69, 9.17) is 0 Å². The molecule has 2 aliphatic heterocycles. The first-order chi connectivity index (χ1) is 18.1. The minimum Gasteiger partial charge on any atom is -0.369 e. The van der Waals surface area contributed by atoms with E-state index in [1.165, 1.54) is 12.1 Å². The zero-order chi connectivity index (χ0) is 27.3. The highest BCUT2D eigenvalue weighted by Crippen LogP contribution is 2.33. The molecule has 9 heteroatoms. The van der Waals surface area contributed by atoms with Gasteiger partial charge in [0.15, 0.2) is 0 Å². The van der Waals surface area contributed by atoms with Gasteiger partial charge in [-0.2, -0.15) is 13.2 Å². The first kappa shape index (κ1) is 28.8. The van der Waals surface area contributed by atoms with E-state index in [0.717, 1.165) is 55.7 Å². The Balaban J connectivity index is 1.36. The molecule has 0 aromatic heterocycles. The van der Waals surface area contributed by atoms with E-state index in [-0.39, 0.29) is 5.91 Å². The minimum atomic E-state index is -4.33. The number of rotatable bonds is 8. The lowest BCUT2D eigenvalue weighted by Crippen LogP contribution is -2.57. The fourth-order valence-electron chi connectivity index (χ4n) is 5.71. The number of carbonyl (C=O) groups is 1. The average molecular weight is 549 g/mol. The van der Waals surface area contributed by atoms with Crippen molar-refractivity contribution in [3.63, 3.8) is 0 Å². The van der Waals surface area contributed by atoms with Gasteiger partial charge in [0.25, 0.3) is 0 Å². The molecule has 0 bridgehead atoms. The Hall–Kier alpha value is -2.23. The Labute approximate surface area is 228 Å². The van der Waals surface area contributed by atoms with Crippen LogP contribution in [0.4, 0.5) is 24.5 Å². The molecule has 2 heterocycles. The number of anilines is 2. The van der Waals surface area contributed by atoms with Gasteiger partial charge in [0.1, 0.15) is 0 Å². The van der Waals surface area contributed by atoms with Crippen molar-refractivity contribution in [3.8, 4) is 0 Å². The van der Waals surface area contributed by atoms with E-state index in [0.29, 0.717) is 43.2 Å². The third kappa shape index (κ3) is 7.45. The molecule has 0 radical (unpaired) electrons. The quantitative estimate of drug-likeness (QED) is 0.406. The number of carbonyl (C=O) groups excluding carboxylic acids is 1. The molecule has 38 heavy (non-hydrogen) atoms. The third-order valence-electron chi connectivity index (χ3n) is 7.87. The first-order valence-corrected chi connectivity index (χ1v) is 14.7. The predicted octanol–water partition coefficient (Wildman–Crippen LogP) is 6.07. The zero-order valence-corrected chi connectivity index (χ0v) is 23.3. The molecule has 2 aromatic carbocycles. The lowest BCUT2D eigenvalue weighted by atomic mass is 9.86. The summed E-state index contributed by atoms with van der Waals surface area (Å²) >= 11 is 1.65. The summed E-state index contributed by atoms with van der Waals surface area (Å²) in [5, 5.41) is 3.06. The molecule has 2 saturated heterocycles. The maximum absolute atomic E-state index is 13.2. The summed E-state index contributed by atoms with van der Waals surface area (Å²) in [7, 11) is 0. The molecule has 208 valence electrons. The Morgan fingerprint density at radius 2 is 1.79 bits per heavy atom. The third-order valence-corrected chi connectivity index (χ3v) is 8.60. The second-order valence-electron chi connectivity index (χ2n) is 10.6. The minimum absolute atomic E-state index is 0.0399. The molecule has 1 amide bonds. The Bertz CT molecular complexity index is 1070. The predicted molar refractivity (Wildman–Crippen MR) is 150 cm³/mol. The van der Waals surface area contributed by atoms with Crippen molar-refractivity contribution < 1.29 is 18.0 Å². The van der Waals surface area contributed by atoms with Gasteiger partial charge in [-0.1, -0.05) is 12.1 Å². The number of thioether (sulfide) groups is 1. The standard InChI is InChI=1S/C29H39F3N4OS/c1-21(2)36-13-12-27(22(20-36)10-11-28(37)33-24-7-5-9-26(19-24)38-3)35-16-14-34(15-17-35)25-8-4-6-23(18-25)29(30,31)32/h4-9,18-19,21-22,27H,10-17,20H2,1-3H3,(H,33,37)/t22-,27+/m0/s1. The number of benzene rings is 2. The molecule has 0 saturated carbocycles. The van der Waals surface area contributed by atoms with Crippen molar-refractivity contribution in [1.82, 2.24) is 9.80 Å². The molecule has 0 aliphatic carbocycles. The van der Waals surface area contributed by atoms with Gasteiger partial charge < -0.3 is 15.1 Å². The highest BCUT2D eigenvalue weighted by molar-refractivity contribution is 7.98. The lowest BCUT2D eigenvalue weighted by molar-refractivity contribution is -0.137. The van der Waals surface area contributed by atoms with Crippen molar-refractivity contribution in [2.24, 2.45) is 5.92 Å². The fourth-order valence-corrected chi connectivity index (χ4v) is 6.17. The van der Waals surface area contributed by atoms with E-state index >= 15 is 0 Å². The zero-order valence-electron chi connectivity index (χ0n) is 22.5. The van der Waals surface area contributed by atoms with Gasteiger partial charge in [0.2, 0.25) is 5.91 Å². The highest BCUT2D eigenvalue weighted by atomic mass is 32.2. The molecule has 0 spiro atoms. The van der Waals surface area contributed by atoms with Crippen LogP contribution in [0, 0.1) is 5.92 Å². The van der Waals surface area contributed by atoms with Gasteiger partial charge >= 0.3 is 6.18 Å². The first-order valence-electron chi connectivity index (χ1n) is 13.5. The van der Waals surface area contributed by atoms with Gasteiger partial charge in [0.05, 0.1) is 5.56 Å². The number of hydrogen-bond acceptors (Lipinski definition) is 5. The number of nitrogens with one attached hydrogen (secondary N) is 1. The second kappa shape index (κ2) is 12.7. The number of piperidine rings is 1. The summed E-state index contributed by atoms with van der Waals surface area (Å²) in [5.41, 5.74) is 0.862. The number of piperazine rings is 1. The van der Waals surface area contributed by atoms with Crippen molar-refractivity contribution in [1.29, 1.82) is 0 Å². The van der Waals surface area contributed by atoms with Crippen LogP contribution in [0.5, 0.6) is 0 Å². The van der Waals surface area contributed by atoms with Crippen LogP contribution in [0.25, 0.3) is 0 Å². The monoisotopic (exact) mass is 548 g/mol. The molecule has 2 atom stereocenters. The Kier molecular flexibility index (Phi) is 9.65. The summed E-state index contributed by atoms with van der Waals surface area (Å²) in [4.78, 5) is 21.0. The van der Waals surface area contributed by atoms with Crippen molar-refractivity contribution >= 4 is 29.0 Å². The molecule has 2 aliphatic rings. The number of likely N-dealkylation sites (tertiary alicyclic amines) is 1. The maximum Gasteiger partial charge on any atom is 0.416 e. The molecule has 2 aromatic rings. The van der Waals surface area contributed by atoms with E-state index < -0.39 is 11.7 Å². The average Bonchev–Trinajstić information content (AvgIpc) is 2.91. The van der Waals surface area contributed by atoms with E-state index in [9.17, 15) is 18.0 Å². The summed E-state index contributed by atoms with van der Waals surface area (Å²) in [6.45, 7) is 9.45. The summed E-state index contributed by atoms with van der Waals surface area (Å²) in [6, 6.07) is 14.4. The molecule has 0 unspecified atom stereocenters. The molecule has 4 rings (SSSR count). The Morgan fingerprint density at radius 1 is 1.05 bits per heavy atom. The number of amides is 1. The van der Waals surface area contributed by atoms with Gasteiger partial charge in [-0.25, -0.2) is 0 Å². The summed E-state index contributed by atoms with van der Waals surface area (Å²) in [5.74, 6) is 0.410. The SMILES string of the molecule is CSc1cccc(NC(=O)CC[C@H]2CN(C(C)C)CC[C@H]2N2CCN(c3cccc(C(F)(F)F)c3)CC2)c1. The van der Waals surface area contributed by atoms with Crippen LogP contribution in [0.1, 0.15) is 38.7 Å². The maximum atomic E-state index is 13.2. The van der Waals surface area contributed by atoms with Crippen molar-refractivity contribution in [2.75, 3.05) is 55.7 Å².